The molecule has 0 radical (unpaired) electrons. The van der Waals surface area contributed by atoms with E-state index < -0.39 is 0 Å². The van der Waals surface area contributed by atoms with Gasteiger partial charge >= 0.3 is 21.1 Å². The van der Waals surface area contributed by atoms with Crippen LogP contribution in [0.25, 0.3) is 83.2 Å². The predicted octanol–water partition coefficient (Wildman–Crippen LogP) is 15.0. The standard InChI is InChI=1S/C56H52N3S.Pt/c1-54(2,3)40-27-28-47(44(33-40)35-18-11-10-12-19-35)59-48-26-16-25-43(49-42-24-14-13-20-37(42)32-46(52(49)60)56(7,8)9)51(48)58-53(59)39-22-15-21-36(30-39)45-34-41(55(4,5)6)31-38-23-17-29-57-50(38)45;/h10-29,31-34,60H,1-9H3;/q-1;+2/p-1. The van der Waals surface area contributed by atoms with Crippen LogP contribution in [0, 0.1) is 6.07 Å². The van der Waals surface area contributed by atoms with Crippen LogP contribution in [0.3, 0.4) is 0 Å². The van der Waals surface area contributed by atoms with E-state index in [4.69, 9.17) is 22.6 Å². The minimum Gasteiger partial charge on any atom is -0.779 e. The van der Waals surface area contributed by atoms with Gasteiger partial charge in [-0.15, -0.1) is 29.8 Å². The van der Waals surface area contributed by atoms with E-state index in [1.807, 2.05) is 12.3 Å². The average Bonchev–Trinajstić information content (AvgIpc) is 3.62. The van der Waals surface area contributed by atoms with Crippen LogP contribution in [0.2, 0.25) is 0 Å². The minimum atomic E-state index is -0.146. The van der Waals surface area contributed by atoms with Gasteiger partial charge < -0.3 is 17.2 Å². The molecule has 2 aromatic heterocycles. The second-order valence-electron chi connectivity index (χ2n) is 19.2. The Kier molecular flexibility index (Phi) is 11.0. The van der Waals surface area contributed by atoms with Crippen LogP contribution in [0.15, 0.2) is 151 Å². The molecule has 0 aliphatic heterocycles. The van der Waals surface area contributed by atoms with Crippen molar-refractivity contribution in [3.8, 4) is 50.5 Å². The van der Waals surface area contributed by atoms with Crippen LogP contribution in [0.1, 0.15) is 79.0 Å². The molecule has 0 fully saturated rings. The molecule has 0 unspecified atom stereocenters. The van der Waals surface area contributed by atoms with Crippen LogP contribution in [0.5, 0.6) is 0 Å². The van der Waals surface area contributed by atoms with Crippen molar-refractivity contribution in [1.29, 1.82) is 0 Å². The van der Waals surface area contributed by atoms with E-state index in [1.165, 1.54) is 16.5 Å². The average molecular weight is 993 g/mol. The molecule has 0 amide bonds. The summed E-state index contributed by atoms with van der Waals surface area (Å²) >= 11 is 6.47. The second kappa shape index (κ2) is 15.8. The summed E-state index contributed by atoms with van der Waals surface area (Å²) in [4.78, 5) is 11.5. The number of fused-ring (bicyclic) bond motifs is 3. The molecule has 7 aromatic carbocycles. The van der Waals surface area contributed by atoms with Gasteiger partial charge in [0.25, 0.3) is 0 Å². The van der Waals surface area contributed by atoms with Crippen molar-refractivity contribution < 1.29 is 21.1 Å². The Morgan fingerprint density at radius 1 is 0.541 bits per heavy atom. The topological polar surface area (TPSA) is 30.7 Å². The molecule has 0 spiro atoms. The van der Waals surface area contributed by atoms with Crippen LogP contribution < -0.4 is 0 Å². The minimum absolute atomic E-state index is 0. The fourth-order valence-corrected chi connectivity index (χ4v) is 9.10. The maximum absolute atomic E-state index is 6.47. The molecule has 2 heterocycles. The Hall–Kier alpha value is -5.41. The molecule has 306 valence electrons. The van der Waals surface area contributed by atoms with Crippen LogP contribution in [-0.4, -0.2) is 14.5 Å². The van der Waals surface area contributed by atoms with Gasteiger partial charge in [-0.3, -0.25) is 9.97 Å². The van der Waals surface area contributed by atoms with Crippen molar-refractivity contribution in [3.05, 3.63) is 168 Å². The van der Waals surface area contributed by atoms with Crippen molar-refractivity contribution in [1.82, 2.24) is 14.5 Å². The van der Waals surface area contributed by atoms with Crippen molar-refractivity contribution >= 4 is 45.3 Å². The fraction of sp³-hybridized carbons (Fsp3) is 0.214. The Morgan fingerprint density at radius 2 is 1.21 bits per heavy atom. The van der Waals surface area contributed by atoms with E-state index in [2.05, 4.69) is 206 Å². The second-order valence-corrected chi connectivity index (χ2v) is 19.6. The number of nitrogens with zero attached hydrogens (tertiary/aromatic N) is 3. The molecule has 0 bridgehead atoms. The van der Waals surface area contributed by atoms with Crippen molar-refractivity contribution in [2.75, 3.05) is 0 Å². The van der Waals surface area contributed by atoms with E-state index in [1.54, 1.807) is 0 Å². The third-order valence-electron chi connectivity index (χ3n) is 11.8. The monoisotopic (exact) mass is 992 g/mol. The first kappa shape index (κ1) is 42.3. The summed E-state index contributed by atoms with van der Waals surface area (Å²) in [6.45, 7) is 20.3. The number of pyridine rings is 1. The number of imidazole rings is 1. The number of hydrogen-bond acceptors (Lipinski definition) is 3. The van der Waals surface area contributed by atoms with Gasteiger partial charge in [0.05, 0.1) is 16.9 Å². The van der Waals surface area contributed by atoms with Crippen LogP contribution >= 0.6 is 0 Å². The zero-order chi connectivity index (χ0) is 42.1. The molecular formula is C56H51N3PtS. The molecule has 3 nitrogen and oxygen atoms in total. The van der Waals surface area contributed by atoms with E-state index >= 15 is 0 Å². The van der Waals surface area contributed by atoms with Gasteiger partial charge in [0.1, 0.15) is 0 Å². The van der Waals surface area contributed by atoms with Crippen LogP contribution in [0.4, 0.5) is 0 Å². The van der Waals surface area contributed by atoms with E-state index in [-0.39, 0.29) is 37.3 Å². The first-order valence-electron chi connectivity index (χ1n) is 21.0. The number of hydrogen-bond donors (Lipinski definition) is 0. The third kappa shape index (κ3) is 7.75. The SMILES string of the molecule is CC(C)(C)c1ccc(-n2c(-c3[c-]c(-c4cc(C(C)(C)C)cc5cccnc45)ccc3)nc3c(-c4c([S-])c(C(C)(C)C)cc5ccccc45)cccc32)c(-c2ccccc2)c1.[Pt+2]. The molecule has 9 aromatic rings. The summed E-state index contributed by atoms with van der Waals surface area (Å²) in [5.74, 6) is 0.812. The summed E-state index contributed by atoms with van der Waals surface area (Å²) in [5, 5.41) is 3.42. The van der Waals surface area contributed by atoms with Crippen LogP contribution in [-0.2, 0) is 49.9 Å². The molecule has 61 heavy (non-hydrogen) atoms. The first-order chi connectivity index (χ1) is 28.6. The molecule has 0 N–H and O–H groups in total. The maximum atomic E-state index is 6.47. The molecule has 5 heteroatoms. The van der Waals surface area contributed by atoms with E-state index in [9.17, 15) is 0 Å². The fourth-order valence-electron chi connectivity index (χ4n) is 8.51. The Morgan fingerprint density at radius 3 is 1.95 bits per heavy atom. The normalized spacial score (nSPS) is 12.3. The van der Waals surface area contributed by atoms with Crippen molar-refractivity contribution in [2.45, 2.75) is 83.5 Å². The van der Waals surface area contributed by atoms with Gasteiger partial charge in [0.2, 0.25) is 0 Å². The Labute approximate surface area is 381 Å². The number of rotatable bonds is 5. The predicted molar refractivity (Wildman–Crippen MR) is 256 cm³/mol. The summed E-state index contributed by atoms with van der Waals surface area (Å²) in [5.41, 5.74) is 14.6. The van der Waals surface area contributed by atoms with Gasteiger partial charge in [-0.05, 0) is 78.9 Å². The first-order valence-corrected chi connectivity index (χ1v) is 21.4. The summed E-state index contributed by atoms with van der Waals surface area (Å²) < 4.78 is 2.35. The zero-order valence-electron chi connectivity index (χ0n) is 36.4. The van der Waals surface area contributed by atoms with Gasteiger partial charge in [0, 0.05) is 28.5 Å². The zero-order valence-corrected chi connectivity index (χ0v) is 39.5. The largest absolute Gasteiger partial charge is 2.00 e. The smallest absolute Gasteiger partial charge is 0.779 e. The Bertz CT molecular complexity index is 3100. The molecular weight excluding hydrogens is 942 g/mol. The summed E-state index contributed by atoms with van der Waals surface area (Å²) in [6, 6.07) is 54.2. The van der Waals surface area contributed by atoms with Crippen molar-refractivity contribution in [3.63, 3.8) is 0 Å². The Balaban J connectivity index is 0.00000514. The van der Waals surface area contributed by atoms with Crippen molar-refractivity contribution in [2.24, 2.45) is 0 Å². The molecule has 0 saturated heterocycles. The number of para-hydroxylation sites is 1. The molecule has 9 rings (SSSR count). The molecule has 0 atom stereocenters. The van der Waals surface area contributed by atoms with Gasteiger partial charge in [0.15, 0.2) is 0 Å². The van der Waals surface area contributed by atoms with Gasteiger partial charge in [-0.2, -0.15) is 4.90 Å². The van der Waals surface area contributed by atoms with Gasteiger partial charge in [-0.25, -0.2) is 0 Å². The van der Waals surface area contributed by atoms with E-state index in [0.29, 0.717) is 0 Å². The van der Waals surface area contributed by atoms with E-state index in [0.717, 1.165) is 88.2 Å². The summed E-state index contributed by atoms with van der Waals surface area (Å²) in [6.07, 6.45) is 1.88. The molecule has 0 saturated carbocycles. The number of aromatic nitrogens is 3. The third-order valence-corrected chi connectivity index (χ3v) is 12.3. The van der Waals surface area contributed by atoms with Gasteiger partial charge in [-0.1, -0.05) is 176 Å². The number of benzene rings is 7. The molecule has 0 aliphatic carbocycles. The molecule has 0 aliphatic rings. The quantitative estimate of drug-likeness (QED) is 0.127. The summed E-state index contributed by atoms with van der Waals surface area (Å²) in [7, 11) is 0. The maximum Gasteiger partial charge on any atom is 2.00 e.